The van der Waals surface area contributed by atoms with Crippen LogP contribution < -0.4 is 0 Å². The number of allylic oxidation sites excluding steroid dienone is 1. The van der Waals surface area contributed by atoms with Gasteiger partial charge < -0.3 is 5.11 Å². The normalized spacial score (nSPS) is 45.3. The van der Waals surface area contributed by atoms with E-state index in [0.717, 1.165) is 54.3 Å². The van der Waals surface area contributed by atoms with Gasteiger partial charge in [0.2, 0.25) is 0 Å². The van der Waals surface area contributed by atoms with E-state index in [1.807, 2.05) is 0 Å². The summed E-state index contributed by atoms with van der Waals surface area (Å²) in [5.74, 6) is 6.31. The Morgan fingerprint density at radius 1 is 1.00 bits per heavy atom. The maximum atomic E-state index is 10.2. The minimum absolute atomic E-state index is 0.0794. The van der Waals surface area contributed by atoms with Crippen molar-refractivity contribution in [1.82, 2.24) is 0 Å². The van der Waals surface area contributed by atoms with Crippen molar-refractivity contribution in [3.8, 4) is 0 Å². The van der Waals surface area contributed by atoms with Crippen LogP contribution in [0.15, 0.2) is 11.6 Å². The van der Waals surface area contributed by atoms with Crippen molar-refractivity contribution in [2.24, 2.45) is 52.3 Å². The molecule has 0 bridgehead atoms. The van der Waals surface area contributed by atoms with E-state index in [0.29, 0.717) is 10.8 Å². The first kappa shape index (κ1) is 22.9. The molecule has 0 amide bonds. The first-order valence-corrected chi connectivity index (χ1v) is 13.6. The van der Waals surface area contributed by atoms with Crippen LogP contribution in [0.5, 0.6) is 0 Å². The first-order valence-electron chi connectivity index (χ1n) is 13.6. The van der Waals surface area contributed by atoms with Gasteiger partial charge in [0.05, 0.1) is 6.10 Å². The fourth-order valence-electron chi connectivity index (χ4n) is 9.30. The molecule has 4 aliphatic rings. The Kier molecular flexibility index (Phi) is 6.53. The lowest BCUT2D eigenvalue weighted by Gasteiger charge is -2.58. The standard InChI is InChI=1S/C29H50O/c1-7-21(19(2)3)9-8-20(4)25-12-13-26-24-11-10-22-18-23(30)14-16-28(22,5)27(24)15-17-29(25,26)6/h10,19-21,23-27,30H,7-9,11-18H2,1-6H3/t20-,21-,23+,24+,25+,26+,27-,28+,29-/m1/s1. The lowest BCUT2D eigenvalue weighted by atomic mass is 9.47. The number of rotatable bonds is 6. The summed E-state index contributed by atoms with van der Waals surface area (Å²) in [6, 6.07) is 0. The Hall–Kier alpha value is -0.300. The third-order valence-corrected chi connectivity index (χ3v) is 11.3. The monoisotopic (exact) mass is 414 g/mol. The molecule has 1 N–H and O–H groups in total. The third kappa shape index (κ3) is 3.74. The van der Waals surface area contributed by atoms with E-state index in [1.54, 1.807) is 5.57 Å². The quantitative estimate of drug-likeness (QED) is 0.436. The van der Waals surface area contributed by atoms with Crippen molar-refractivity contribution in [1.29, 1.82) is 0 Å². The van der Waals surface area contributed by atoms with Gasteiger partial charge in [0, 0.05) is 0 Å². The molecule has 9 atom stereocenters. The molecule has 0 aromatic heterocycles. The van der Waals surface area contributed by atoms with E-state index in [1.165, 1.54) is 57.8 Å². The van der Waals surface area contributed by atoms with Crippen molar-refractivity contribution < 1.29 is 5.11 Å². The molecule has 0 saturated heterocycles. The van der Waals surface area contributed by atoms with E-state index in [-0.39, 0.29) is 6.10 Å². The Labute approximate surface area is 187 Å². The molecule has 30 heavy (non-hydrogen) atoms. The van der Waals surface area contributed by atoms with Gasteiger partial charge in [0.1, 0.15) is 0 Å². The van der Waals surface area contributed by atoms with Crippen LogP contribution in [0.2, 0.25) is 0 Å². The van der Waals surface area contributed by atoms with Crippen LogP contribution in [-0.2, 0) is 0 Å². The van der Waals surface area contributed by atoms with E-state index in [9.17, 15) is 5.11 Å². The molecule has 1 heteroatoms. The molecule has 3 saturated carbocycles. The number of aliphatic hydroxyl groups excluding tert-OH is 1. The maximum absolute atomic E-state index is 10.2. The SMILES string of the molecule is CC[C@H](CC[C@@H](C)[C@@H]1CC[C@H]2[C@@H]3CC=C4C[C@@H](O)CC[C@]4(C)[C@@H]3CC[C@@]21C)C(C)C. The fraction of sp³-hybridized carbons (Fsp3) is 0.931. The molecule has 0 aromatic rings. The molecule has 172 valence electrons. The average Bonchev–Trinajstić information content (AvgIpc) is 3.06. The number of fused-ring (bicyclic) bond motifs is 5. The molecule has 0 spiro atoms. The zero-order valence-corrected chi connectivity index (χ0v) is 20.9. The van der Waals surface area contributed by atoms with Crippen molar-refractivity contribution in [3.63, 3.8) is 0 Å². The molecule has 3 fully saturated rings. The third-order valence-electron chi connectivity index (χ3n) is 11.3. The summed E-state index contributed by atoms with van der Waals surface area (Å²) in [6.07, 6.45) is 17.1. The topological polar surface area (TPSA) is 20.2 Å². The second-order valence-electron chi connectivity index (χ2n) is 12.9. The van der Waals surface area contributed by atoms with E-state index in [2.05, 4.69) is 47.6 Å². The van der Waals surface area contributed by atoms with Crippen LogP contribution >= 0.6 is 0 Å². The molecule has 1 nitrogen and oxygen atoms in total. The largest absolute Gasteiger partial charge is 0.393 e. The first-order chi connectivity index (χ1) is 14.2. The molecular formula is C29H50O. The van der Waals surface area contributed by atoms with Gasteiger partial charge >= 0.3 is 0 Å². The van der Waals surface area contributed by atoms with Crippen LogP contribution in [0.25, 0.3) is 0 Å². The van der Waals surface area contributed by atoms with Crippen molar-refractivity contribution in [2.75, 3.05) is 0 Å². The van der Waals surface area contributed by atoms with Crippen LogP contribution in [0, 0.1) is 52.3 Å². The summed E-state index contributed by atoms with van der Waals surface area (Å²) >= 11 is 0. The van der Waals surface area contributed by atoms with E-state index < -0.39 is 0 Å². The van der Waals surface area contributed by atoms with Crippen molar-refractivity contribution >= 4 is 0 Å². The Morgan fingerprint density at radius 2 is 1.77 bits per heavy atom. The maximum Gasteiger partial charge on any atom is 0.0577 e. The molecule has 4 aliphatic carbocycles. The van der Waals surface area contributed by atoms with Gasteiger partial charge in [-0.05, 0) is 110 Å². The zero-order chi connectivity index (χ0) is 21.7. The van der Waals surface area contributed by atoms with Crippen LogP contribution in [0.4, 0.5) is 0 Å². The highest BCUT2D eigenvalue weighted by molar-refractivity contribution is 5.25. The molecular weight excluding hydrogens is 364 g/mol. The highest BCUT2D eigenvalue weighted by Gasteiger charge is 2.59. The van der Waals surface area contributed by atoms with Gasteiger partial charge in [0.25, 0.3) is 0 Å². The highest BCUT2D eigenvalue weighted by Crippen LogP contribution is 2.67. The Morgan fingerprint density at radius 3 is 2.47 bits per heavy atom. The van der Waals surface area contributed by atoms with E-state index >= 15 is 0 Å². The van der Waals surface area contributed by atoms with Crippen LogP contribution in [0.1, 0.15) is 112 Å². The highest BCUT2D eigenvalue weighted by atomic mass is 16.3. The van der Waals surface area contributed by atoms with Gasteiger partial charge in [-0.3, -0.25) is 0 Å². The zero-order valence-electron chi connectivity index (χ0n) is 20.9. The fourth-order valence-corrected chi connectivity index (χ4v) is 9.30. The van der Waals surface area contributed by atoms with Crippen LogP contribution in [-0.4, -0.2) is 11.2 Å². The van der Waals surface area contributed by atoms with Crippen molar-refractivity contribution in [3.05, 3.63) is 11.6 Å². The van der Waals surface area contributed by atoms with Gasteiger partial charge in [0.15, 0.2) is 0 Å². The Balaban J connectivity index is 1.47. The van der Waals surface area contributed by atoms with Gasteiger partial charge in [-0.1, -0.05) is 66.0 Å². The molecule has 0 unspecified atom stereocenters. The number of aliphatic hydroxyl groups is 1. The summed E-state index contributed by atoms with van der Waals surface area (Å²) in [5, 5.41) is 10.2. The smallest absolute Gasteiger partial charge is 0.0577 e. The minimum atomic E-state index is -0.0794. The minimum Gasteiger partial charge on any atom is -0.393 e. The second-order valence-corrected chi connectivity index (χ2v) is 12.9. The molecule has 0 aromatic carbocycles. The molecule has 0 radical (unpaired) electrons. The van der Waals surface area contributed by atoms with Crippen LogP contribution in [0.3, 0.4) is 0 Å². The Bertz CT molecular complexity index is 634. The molecule has 0 aliphatic heterocycles. The molecule has 4 rings (SSSR count). The number of hydrogen-bond acceptors (Lipinski definition) is 1. The summed E-state index contributed by atoms with van der Waals surface area (Å²) in [5.41, 5.74) is 2.59. The average molecular weight is 415 g/mol. The summed E-state index contributed by atoms with van der Waals surface area (Å²) in [6.45, 7) is 15.1. The summed E-state index contributed by atoms with van der Waals surface area (Å²) < 4.78 is 0. The molecule has 0 heterocycles. The lowest BCUT2D eigenvalue weighted by Crippen LogP contribution is -2.50. The lowest BCUT2D eigenvalue weighted by molar-refractivity contribution is -0.0575. The van der Waals surface area contributed by atoms with E-state index in [4.69, 9.17) is 0 Å². The second kappa shape index (κ2) is 8.57. The predicted molar refractivity (Wildman–Crippen MR) is 128 cm³/mol. The number of hydrogen-bond donors (Lipinski definition) is 1. The van der Waals surface area contributed by atoms with Gasteiger partial charge in [-0.25, -0.2) is 0 Å². The van der Waals surface area contributed by atoms with Crippen molar-refractivity contribution in [2.45, 2.75) is 118 Å². The van der Waals surface area contributed by atoms with Gasteiger partial charge in [-0.15, -0.1) is 0 Å². The summed E-state index contributed by atoms with van der Waals surface area (Å²) in [4.78, 5) is 0. The predicted octanol–water partition coefficient (Wildman–Crippen LogP) is 8.02. The summed E-state index contributed by atoms with van der Waals surface area (Å²) in [7, 11) is 0. The van der Waals surface area contributed by atoms with Gasteiger partial charge in [-0.2, -0.15) is 0 Å².